The fourth-order valence-corrected chi connectivity index (χ4v) is 2.86. The van der Waals surface area contributed by atoms with Crippen LogP contribution < -0.4 is 5.56 Å². The van der Waals surface area contributed by atoms with Crippen molar-refractivity contribution in [1.29, 1.82) is 0 Å². The Kier molecular flexibility index (Phi) is 3.18. The number of carbonyl (C=O) groups excluding carboxylic acids is 1. The number of carbonyl (C=O) groups is 1. The van der Waals surface area contributed by atoms with Gasteiger partial charge in [0.25, 0.3) is 11.5 Å². The van der Waals surface area contributed by atoms with Crippen LogP contribution in [0.5, 0.6) is 0 Å². The Morgan fingerprint density at radius 3 is 2.78 bits per heavy atom. The van der Waals surface area contributed by atoms with Crippen molar-refractivity contribution in [2.45, 2.75) is 12.8 Å². The van der Waals surface area contributed by atoms with Crippen LogP contribution in [-0.2, 0) is 0 Å². The van der Waals surface area contributed by atoms with Gasteiger partial charge in [-0.05, 0) is 37.1 Å². The molecule has 1 aromatic carbocycles. The van der Waals surface area contributed by atoms with Crippen LogP contribution in [-0.4, -0.2) is 43.6 Å². The highest BCUT2D eigenvalue weighted by Crippen LogP contribution is 2.16. The molecule has 7 heteroatoms. The molecule has 0 unspecified atom stereocenters. The van der Waals surface area contributed by atoms with E-state index in [0.29, 0.717) is 22.4 Å². The van der Waals surface area contributed by atoms with E-state index in [1.807, 2.05) is 4.90 Å². The van der Waals surface area contributed by atoms with E-state index in [0.717, 1.165) is 25.9 Å². The Hall–Kier alpha value is -2.96. The van der Waals surface area contributed by atoms with Crippen LogP contribution in [0.3, 0.4) is 0 Å². The van der Waals surface area contributed by atoms with Gasteiger partial charge in [0.1, 0.15) is 0 Å². The quantitative estimate of drug-likeness (QED) is 0.774. The maximum absolute atomic E-state index is 12.4. The summed E-state index contributed by atoms with van der Waals surface area (Å²) in [5, 5.41) is 4.46. The topological polar surface area (TPSA) is 83.9 Å². The molecule has 0 atom stereocenters. The molecule has 0 radical (unpaired) electrons. The Bertz CT molecular complexity index is 923. The number of nitrogens with one attached hydrogen (secondary N) is 1. The maximum Gasteiger partial charge on any atom is 0.260 e. The Balaban J connectivity index is 1.77. The van der Waals surface area contributed by atoms with Gasteiger partial charge in [0, 0.05) is 31.0 Å². The van der Waals surface area contributed by atoms with E-state index in [-0.39, 0.29) is 11.5 Å². The second-order valence-corrected chi connectivity index (χ2v) is 5.57. The normalized spacial score (nSPS) is 14.5. The lowest BCUT2D eigenvalue weighted by molar-refractivity contribution is 0.0793. The van der Waals surface area contributed by atoms with Crippen molar-refractivity contribution in [2.75, 3.05) is 13.1 Å². The van der Waals surface area contributed by atoms with Gasteiger partial charge < -0.3 is 4.90 Å². The van der Waals surface area contributed by atoms with Gasteiger partial charge >= 0.3 is 0 Å². The number of rotatable bonds is 2. The van der Waals surface area contributed by atoms with Crippen LogP contribution in [0.4, 0.5) is 0 Å². The Morgan fingerprint density at radius 2 is 2.04 bits per heavy atom. The van der Waals surface area contributed by atoms with Gasteiger partial charge in [-0.1, -0.05) is 0 Å². The second-order valence-electron chi connectivity index (χ2n) is 5.57. The van der Waals surface area contributed by atoms with Crippen molar-refractivity contribution in [1.82, 2.24) is 24.6 Å². The van der Waals surface area contributed by atoms with E-state index in [9.17, 15) is 9.59 Å². The molecule has 1 aliphatic heterocycles. The van der Waals surface area contributed by atoms with E-state index in [4.69, 9.17) is 0 Å². The zero-order valence-electron chi connectivity index (χ0n) is 12.4. The summed E-state index contributed by atoms with van der Waals surface area (Å²) in [6.07, 6.45) is 5.39. The molecule has 0 bridgehead atoms. The summed E-state index contributed by atoms with van der Waals surface area (Å²) in [6.45, 7) is 1.56. The smallest absolute Gasteiger partial charge is 0.260 e. The van der Waals surface area contributed by atoms with Crippen LogP contribution in [0, 0.1) is 0 Å². The fraction of sp³-hybridized carbons (Fsp3) is 0.250. The highest BCUT2D eigenvalue weighted by Gasteiger charge is 2.20. The molecule has 0 saturated carbocycles. The van der Waals surface area contributed by atoms with Crippen molar-refractivity contribution >= 4 is 16.8 Å². The van der Waals surface area contributed by atoms with Crippen LogP contribution >= 0.6 is 0 Å². The highest BCUT2D eigenvalue weighted by atomic mass is 16.2. The molecule has 1 saturated heterocycles. The predicted molar refractivity (Wildman–Crippen MR) is 84.6 cm³/mol. The first-order chi connectivity index (χ1) is 11.2. The molecular weight excluding hydrogens is 294 g/mol. The molecule has 7 nitrogen and oxygen atoms in total. The van der Waals surface area contributed by atoms with Gasteiger partial charge in [-0.15, -0.1) is 0 Å². The van der Waals surface area contributed by atoms with Crippen LogP contribution in [0.1, 0.15) is 23.2 Å². The van der Waals surface area contributed by atoms with Gasteiger partial charge in [0.15, 0.2) is 0 Å². The van der Waals surface area contributed by atoms with E-state index in [1.165, 1.54) is 4.68 Å². The third-order valence-corrected chi connectivity index (χ3v) is 4.05. The monoisotopic (exact) mass is 309 g/mol. The average molecular weight is 309 g/mol. The number of benzene rings is 1. The summed E-state index contributed by atoms with van der Waals surface area (Å²) in [7, 11) is 0. The molecule has 3 aromatic rings. The molecule has 0 aliphatic carbocycles. The van der Waals surface area contributed by atoms with Gasteiger partial charge in [0.05, 0.1) is 10.9 Å². The maximum atomic E-state index is 12.4. The average Bonchev–Trinajstić information content (AvgIpc) is 3.27. The number of likely N-dealkylation sites (tertiary alicyclic amines) is 1. The first-order valence-corrected chi connectivity index (χ1v) is 7.56. The standard InChI is InChI=1S/C16H15N5O2/c22-14-12-10-11(15(23)20-7-1-2-8-20)4-5-13(12)18-16(19-14)21-9-3-6-17-21/h3-6,9-10H,1-2,7-8H2,(H,18,19,22). The first-order valence-electron chi connectivity index (χ1n) is 7.56. The number of hydrogen-bond donors (Lipinski definition) is 1. The number of nitrogens with zero attached hydrogens (tertiary/aromatic N) is 4. The highest BCUT2D eigenvalue weighted by molar-refractivity contribution is 5.98. The molecule has 23 heavy (non-hydrogen) atoms. The minimum absolute atomic E-state index is 0.0278. The lowest BCUT2D eigenvalue weighted by Gasteiger charge is -2.15. The van der Waals surface area contributed by atoms with Gasteiger partial charge in [-0.25, -0.2) is 9.67 Å². The Labute approximate surface area is 131 Å². The molecule has 1 N–H and O–H groups in total. The molecule has 116 valence electrons. The van der Waals surface area contributed by atoms with Crippen LogP contribution in [0.25, 0.3) is 16.9 Å². The van der Waals surface area contributed by atoms with Crippen molar-refractivity contribution < 1.29 is 4.79 Å². The molecule has 3 heterocycles. The third kappa shape index (κ3) is 2.40. The summed E-state index contributed by atoms with van der Waals surface area (Å²) in [5.74, 6) is 0.325. The largest absolute Gasteiger partial charge is 0.339 e. The number of hydrogen-bond acceptors (Lipinski definition) is 4. The summed E-state index contributed by atoms with van der Waals surface area (Å²) in [4.78, 5) is 33.7. The van der Waals surface area contributed by atoms with Gasteiger partial charge in [-0.3, -0.25) is 14.6 Å². The number of fused-ring (bicyclic) bond motifs is 1. The van der Waals surface area contributed by atoms with Gasteiger partial charge in [0.2, 0.25) is 5.95 Å². The number of aromatic amines is 1. The van der Waals surface area contributed by atoms with Crippen molar-refractivity contribution in [2.24, 2.45) is 0 Å². The minimum Gasteiger partial charge on any atom is -0.339 e. The van der Waals surface area contributed by atoms with Crippen LogP contribution in [0.15, 0.2) is 41.5 Å². The molecule has 1 fully saturated rings. The number of aromatic nitrogens is 4. The molecule has 1 amide bonds. The van der Waals surface area contributed by atoms with Crippen molar-refractivity contribution in [3.63, 3.8) is 0 Å². The summed E-state index contributed by atoms with van der Waals surface area (Å²) < 4.78 is 1.49. The summed E-state index contributed by atoms with van der Waals surface area (Å²) in [6, 6.07) is 6.81. The van der Waals surface area contributed by atoms with E-state index in [2.05, 4.69) is 15.1 Å². The van der Waals surface area contributed by atoms with Crippen LogP contribution in [0.2, 0.25) is 0 Å². The van der Waals surface area contributed by atoms with E-state index >= 15 is 0 Å². The third-order valence-electron chi connectivity index (χ3n) is 4.05. The minimum atomic E-state index is -0.281. The Morgan fingerprint density at radius 1 is 1.22 bits per heavy atom. The van der Waals surface area contributed by atoms with Crippen molar-refractivity contribution in [3.8, 4) is 5.95 Å². The lowest BCUT2D eigenvalue weighted by Crippen LogP contribution is -2.27. The van der Waals surface area contributed by atoms with Gasteiger partial charge in [-0.2, -0.15) is 5.10 Å². The SMILES string of the molecule is O=C(c1ccc2nc(-n3cccn3)[nH]c(=O)c2c1)N1CCCC1. The molecule has 2 aromatic heterocycles. The molecule has 4 rings (SSSR count). The summed E-state index contributed by atoms with van der Waals surface area (Å²) in [5.41, 5.74) is 0.785. The fourth-order valence-electron chi connectivity index (χ4n) is 2.86. The zero-order chi connectivity index (χ0) is 15.8. The van der Waals surface area contributed by atoms with Crippen molar-refractivity contribution in [3.05, 3.63) is 52.6 Å². The first kappa shape index (κ1) is 13.7. The molecule has 1 aliphatic rings. The second kappa shape index (κ2) is 5.35. The summed E-state index contributed by atoms with van der Waals surface area (Å²) >= 11 is 0. The van der Waals surface area contributed by atoms with E-state index < -0.39 is 0 Å². The molecule has 0 spiro atoms. The lowest BCUT2D eigenvalue weighted by atomic mass is 10.1. The number of H-pyrrole nitrogens is 1. The van der Waals surface area contributed by atoms with E-state index in [1.54, 1.807) is 36.7 Å². The zero-order valence-corrected chi connectivity index (χ0v) is 12.4. The number of amides is 1. The molecular formula is C16H15N5O2. The predicted octanol–water partition coefficient (Wildman–Crippen LogP) is 1.34.